The van der Waals surface area contributed by atoms with E-state index in [1.165, 1.54) is 12.1 Å². The lowest BCUT2D eigenvalue weighted by atomic mass is 10.1. The van der Waals surface area contributed by atoms with Crippen molar-refractivity contribution in [1.82, 2.24) is 20.1 Å². The molecule has 0 spiro atoms. The predicted octanol–water partition coefficient (Wildman–Crippen LogP) is 1.79. The van der Waals surface area contributed by atoms with E-state index < -0.39 is 11.7 Å². The summed E-state index contributed by atoms with van der Waals surface area (Å²) in [6, 6.07) is 3.74. The van der Waals surface area contributed by atoms with Crippen molar-refractivity contribution in [3.63, 3.8) is 0 Å². The van der Waals surface area contributed by atoms with E-state index in [0.717, 1.165) is 18.3 Å². The maximum absolute atomic E-state index is 13.6. The van der Waals surface area contributed by atoms with E-state index in [9.17, 15) is 14.0 Å². The Hall–Kier alpha value is -2.77. The van der Waals surface area contributed by atoms with Crippen LogP contribution in [0.25, 0.3) is 0 Å². The van der Waals surface area contributed by atoms with E-state index in [2.05, 4.69) is 20.8 Å². The van der Waals surface area contributed by atoms with E-state index in [4.69, 9.17) is 0 Å². The van der Waals surface area contributed by atoms with Gasteiger partial charge in [0.15, 0.2) is 5.82 Å². The Morgan fingerprint density at radius 2 is 2.08 bits per heavy atom. The fraction of sp³-hybridized carbons (Fsp3) is 0.412. The van der Waals surface area contributed by atoms with Gasteiger partial charge in [0.25, 0.3) is 5.91 Å². The van der Waals surface area contributed by atoms with Crippen molar-refractivity contribution in [1.29, 1.82) is 0 Å². The fourth-order valence-corrected chi connectivity index (χ4v) is 2.59. The highest BCUT2D eigenvalue weighted by Crippen LogP contribution is 2.38. The number of benzene rings is 1. The Morgan fingerprint density at radius 1 is 1.36 bits per heavy atom. The lowest BCUT2D eigenvalue weighted by molar-refractivity contribution is -0.117. The van der Waals surface area contributed by atoms with Gasteiger partial charge in [-0.15, -0.1) is 10.2 Å². The van der Waals surface area contributed by atoms with Crippen LogP contribution in [-0.2, 0) is 18.4 Å². The first-order valence-corrected chi connectivity index (χ1v) is 8.10. The minimum atomic E-state index is -0.544. The molecule has 0 radical (unpaired) electrons. The summed E-state index contributed by atoms with van der Waals surface area (Å²) in [5.41, 5.74) is 0.387. The molecule has 8 heteroatoms. The van der Waals surface area contributed by atoms with Gasteiger partial charge in [-0.3, -0.25) is 9.59 Å². The van der Waals surface area contributed by atoms with Crippen molar-refractivity contribution in [3.8, 4) is 0 Å². The van der Waals surface area contributed by atoms with Gasteiger partial charge in [0, 0.05) is 13.0 Å². The summed E-state index contributed by atoms with van der Waals surface area (Å²) in [5, 5.41) is 13.3. The highest BCUT2D eigenvalue weighted by atomic mass is 19.1. The molecule has 0 saturated heterocycles. The van der Waals surface area contributed by atoms with Gasteiger partial charge in [-0.2, -0.15) is 0 Å². The topological polar surface area (TPSA) is 88.9 Å². The summed E-state index contributed by atoms with van der Waals surface area (Å²) in [6.07, 6.45) is 0.833. The molecule has 1 aromatic heterocycles. The first-order chi connectivity index (χ1) is 11.9. The maximum Gasteiger partial charge on any atom is 0.253 e. The van der Waals surface area contributed by atoms with Crippen LogP contribution in [0.1, 0.15) is 35.4 Å². The second kappa shape index (κ2) is 6.62. The number of hydrogen-bond acceptors (Lipinski definition) is 4. The number of nitrogens with zero attached hydrogens (tertiary/aromatic N) is 3. The number of nitrogens with one attached hydrogen (secondary N) is 2. The number of halogens is 1. The SMILES string of the molecule is Cc1nnc(CNC(=O)c2cc(F)ccc2NC(=O)C2CC2C)n1C. The van der Waals surface area contributed by atoms with Gasteiger partial charge in [-0.1, -0.05) is 6.92 Å². The fourth-order valence-electron chi connectivity index (χ4n) is 2.59. The smallest absolute Gasteiger partial charge is 0.253 e. The number of amides is 2. The molecule has 3 rings (SSSR count). The zero-order valence-corrected chi connectivity index (χ0v) is 14.3. The van der Waals surface area contributed by atoms with Crippen LogP contribution >= 0.6 is 0 Å². The third-order valence-electron chi connectivity index (χ3n) is 4.52. The number of hydrogen-bond donors (Lipinski definition) is 2. The van der Waals surface area contributed by atoms with Crippen molar-refractivity contribution in [3.05, 3.63) is 41.2 Å². The van der Waals surface area contributed by atoms with Crippen LogP contribution in [0, 0.1) is 24.6 Å². The van der Waals surface area contributed by atoms with Crippen molar-refractivity contribution in [2.75, 3.05) is 5.32 Å². The van der Waals surface area contributed by atoms with Gasteiger partial charge >= 0.3 is 0 Å². The normalized spacial score (nSPS) is 18.7. The van der Waals surface area contributed by atoms with Crippen molar-refractivity contribution in [2.24, 2.45) is 18.9 Å². The van der Waals surface area contributed by atoms with Crippen molar-refractivity contribution < 1.29 is 14.0 Å². The van der Waals surface area contributed by atoms with Gasteiger partial charge in [-0.05, 0) is 37.5 Å². The predicted molar refractivity (Wildman–Crippen MR) is 89.2 cm³/mol. The van der Waals surface area contributed by atoms with Crippen LogP contribution in [-0.4, -0.2) is 26.6 Å². The molecule has 1 aliphatic rings. The molecule has 7 nitrogen and oxygen atoms in total. The molecular weight excluding hydrogens is 325 g/mol. The van der Waals surface area contributed by atoms with Gasteiger partial charge in [-0.25, -0.2) is 4.39 Å². The molecule has 1 fully saturated rings. The molecule has 1 saturated carbocycles. The molecule has 2 amide bonds. The molecule has 1 heterocycles. The van der Waals surface area contributed by atoms with Crippen LogP contribution in [0.4, 0.5) is 10.1 Å². The Kier molecular flexibility index (Phi) is 4.52. The second-order valence-corrected chi connectivity index (χ2v) is 6.40. The molecule has 0 bridgehead atoms. The number of carbonyl (C=O) groups is 2. The molecule has 2 N–H and O–H groups in total. The lowest BCUT2D eigenvalue weighted by Gasteiger charge is -2.12. The van der Waals surface area contributed by atoms with Gasteiger partial charge in [0.1, 0.15) is 11.6 Å². The quantitative estimate of drug-likeness (QED) is 0.865. The highest BCUT2D eigenvalue weighted by molar-refractivity contribution is 6.04. The van der Waals surface area contributed by atoms with Gasteiger partial charge in [0.2, 0.25) is 5.91 Å². The summed E-state index contributed by atoms with van der Waals surface area (Å²) in [6.45, 7) is 3.95. The summed E-state index contributed by atoms with van der Waals surface area (Å²) >= 11 is 0. The highest BCUT2D eigenvalue weighted by Gasteiger charge is 2.39. The van der Waals surface area contributed by atoms with E-state index in [-0.39, 0.29) is 23.9 Å². The van der Waals surface area contributed by atoms with Crippen LogP contribution in [0.5, 0.6) is 0 Å². The molecule has 1 aliphatic carbocycles. The van der Waals surface area contributed by atoms with E-state index in [0.29, 0.717) is 17.4 Å². The largest absolute Gasteiger partial charge is 0.345 e. The standard InChI is InChI=1S/C17H20FN5O2/c1-9-6-12(9)17(25)20-14-5-4-11(18)7-13(14)16(24)19-8-15-22-21-10(2)23(15)3/h4-5,7,9,12H,6,8H2,1-3H3,(H,19,24)(H,20,25). The molecule has 2 atom stereocenters. The number of anilines is 1. The van der Waals surface area contributed by atoms with Gasteiger partial charge in [0.05, 0.1) is 17.8 Å². The summed E-state index contributed by atoms with van der Waals surface area (Å²) in [5.74, 6) is 0.439. The zero-order chi connectivity index (χ0) is 18.1. The molecule has 2 unspecified atom stereocenters. The Morgan fingerprint density at radius 3 is 2.68 bits per heavy atom. The third-order valence-corrected chi connectivity index (χ3v) is 4.52. The van der Waals surface area contributed by atoms with E-state index in [1.54, 1.807) is 18.5 Å². The molecular formula is C17H20FN5O2. The monoisotopic (exact) mass is 345 g/mol. The Bertz CT molecular complexity index is 832. The van der Waals surface area contributed by atoms with Crippen molar-refractivity contribution in [2.45, 2.75) is 26.8 Å². The van der Waals surface area contributed by atoms with Crippen LogP contribution in [0.15, 0.2) is 18.2 Å². The summed E-state index contributed by atoms with van der Waals surface area (Å²) < 4.78 is 15.3. The number of rotatable bonds is 5. The molecule has 2 aromatic rings. The average molecular weight is 345 g/mol. The van der Waals surface area contributed by atoms with E-state index in [1.807, 2.05) is 6.92 Å². The Labute approximate surface area is 144 Å². The minimum absolute atomic E-state index is 0.0393. The van der Waals surface area contributed by atoms with Crippen LogP contribution in [0.2, 0.25) is 0 Å². The van der Waals surface area contributed by atoms with Crippen LogP contribution in [0.3, 0.4) is 0 Å². The third kappa shape index (κ3) is 3.67. The molecule has 25 heavy (non-hydrogen) atoms. The number of aromatic nitrogens is 3. The molecule has 132 valence electrons. The van der Waals surface area contributed by atoms with Crippen molar-refractivity contribution >= 4 is 17.5 Å². The van der Waals surface area contributed by atoms with Gasteiger partial charge < -0.3 is 15.2 Å². The minimum Gasteiger partial charge on any atom is -0.345 e. The van der Waals surface area contributed by atoms with Crippen LogP contribution < -0.4 is 10.6 Å². The molecule has 0 aliphatic heterocycles. The first-order valence-electron chi connectivity index (χ1n) is 8.10. The second-order valence-electron chi connectivity index (χ2n) is 6.40. The zero-order valence-electron chi connectivity index (χ0n) is 14.3. The first kappa shape index (κ1) is 17.1. The number of carbonyl (C=O) groups excluding carboxylic acids is 2. The average Bonchev–Trinajstić information content (AvgIpc) is 3.23. The maximum atomic E-state index is 13.6. The molecule has 1 aromatic carbocycles. The summed E-state index contributed by atoms with van der Waals surface area (Å²) in [4.78, 5) is 24.6. The summed E-state index contributed by atoms with van der Waals surface area (Å²) in [7, 11) is 1.79. The van der Waals surface area contributed by atoms with E-state index >= 15 is 0 Å². The number of aryl methyl sites for hydroxylation is 1. The lowest BCUT2D eigenvalue weighted by Crippen LogP contribution is -2.26. The Balaban J connectivity index is 1.73.